The second-order valence-electron chi connectivity index (χ2n) is 5.18. The van der Waals surface area contributed by atoms with Crippen LogP contribution in [0.15, 0.2) is 24.3 Å². The van der Waals surface area contributed by atoms with Crippen molar-refractivity contribution in [1.82, 2.24) is 4.90 Å². The molecule has 2 unspecified atom stereocenters. The molecule has 1 N–H and O–H groups in total. The zero-order chi connectivity index (χ0) is 15.4. The van der Waals surface area contributed by atoms with Gasteiger partial charge in [-0.3, -0.25) is 9.59 Å². The minimum atomic E-state index is -0.875. The summed E-state index contributed by atoms with van der Waals surface area (Å²) in [6.45, 7) is 2.36. The highest BCUT2D eigenvalue weighted by molar-refractivity contribution is 5.82. The number of hydrogen-bond acceptors (Lipinski definition) is 3. The third-order valence-electron chi connectivity index (χ3n) is 3.56. The van der Waals surface area contributed by atoms with Gasteiger partial charge in [0.25, 0.3) is 5.91 Å². The van der Waals surface area contributed by atoms with Gasteiger partial charge in [-0.25, -0.2) is 4.39 Å². The molecule has 1 heterocycles. The number of carbonyl (C=O) groups excluding carboxylic acids is 1. The minimum absolute atomic E-state index is 0.214. The molecule has 0 radical (unpaired) electrons. The van der Waals surface area contributed by atoms with Crippen LogP contribution in [0.25, 0.3) is 0 Å². The average molecular weight is 295 g/mol. The third-order valence-corrected chi connectivity index (χ3v) is 3.56. The van der Waals surface area contributed by atoms with E-state index in [1.54, 1.807) is 6.92 Å². The van der Waals surface area contributed by atoms with Crippen molar-refractivity contribution >= 4 is 11.9 Å². The van der Waals surface area contributed by atoms with E-state index in [1.165, 1.54) is 29.2 Å². The van der Waals surface area contributed by atoms with E-state index in [9.17, 15) is 14.0 Å². The van der Waals surface area contributed by atoms with Crippen LogP contribution in [0.1, 0.15) is 19.8 Å². The minimum Gasteiger partial charge on any atom is -0.481 e. The predicted molar refractivity (Wildman–Crippen MR) is 73.4 cm³/mol. The van der Waals surface area contributed by atoms with Gasteiger partial charge in [0.15, 0.2) is 6.10 Å². The van der Waals surface area contributed by atoms with Crippen LogP contribution in [0.4, 0.5) is 4.39 Å². The Morgan fingerprint density at radius 2 is 2.05 bits per heavy atom. The number of piperidine rings is 1. The number of carboxylic acids is 1. The van der Waals surface area contributed by atoms with Crippen molar-refractivity contribution in [2.45, 2.75) is 25.9 Å². The molecule has 0 aliphatic carbocycles. The Labute approximate surface area is 122 Å². The number of amides is 1. The molecule has 1 aromatic carbocycles. The fourth-order valence-corrected chi connectivity index (χ4v) is 2.40. The molecule has 2 rings (SSSR count). The van der Waals surface area contributed by atoms with E-state index in [1.807, 2.05) is 0 Å². The van der Waals surface area contributed by atoms with Crippen molar-refractivity contribution in [3.63, 3.8) is 0 Å². The summed E-state index contributed by atoms with van der Waals surface area (Å²) >= 11 is 0. The fourth-order valence-electron chi connectivity index (χ4n) is 2.40. The largest absolute Gasteiger partial charge is 0.481 e. The van der Waals surface area contributed by atoms with Gasteiger partial charge < -0.3 is 14.7 Å². The lowest BCUT2D eigenvalue weighted by Gasteiger charge is -2.32. The Balaban J connectivity index is 1.95. The van der Waals surface area contributed by atoms with Gasteiger partial charge in [0, 0.05) is 13.1 Å². The summed E-state index contributed by atoms with van der Waals surface area (Å²) in [6, 6.07) is 5.42. The summed E-state index contributed by atoms with van der Waals surface area (Å²) in [7, 11) is 0. The molecular weight excluding hydrogens is 277 g/mol. The van der Waals surface area contributed by atoms with Gasteiger partial charge in [-0.2, -0.15) is 0 Å². The number of aliphatic carboxylic acids is 1. The van der Waals surface area contributed by atoms with Crippen LogP contribution in [0, 0.1) is 11.7 Å². The molecule has 1 aliphatic rings. The number of rotatable bonds is 4. The lowest BCUT2D eigenvalue weighted by molar-refractivity contribution is -0.147. The Hall–Kier alpha value is -2.11. The normalized spacial score (nSPS) is 19.9. The molecule has 1 saturated heterocycles. The molecule has 114 valence electrons. The maximum Gasteiger partial charge on any atom is 0.308 e. The molecule has 1 aromatic rings. The first kappa shape index (κ1) is 15.3. The average Bonchev–Trinajstić information content (AvgIpc) is 2.49. The summed E-state index contributed by atoms with van der Waals surface area (Å²) in [4.78, 5) is 24.8. The Morgan fingerprint density at radius 3 is 2.67 bits per heavy atom. The van der Waals surface area contributed by atoms with Crippen molar-refractivity contribution in [2.24, 2.45) is 5.92 Å². The number of likely N-dealkylation sites (tertiary alicyclic amines) is 1. The van der Waals surface area contributed by atoms with Crippen molar-refractivity contribution in [2.75, 3.05) is 13.1 Å². The number of halogens is 1. The molecule has 21 heavy (non-hydrogen) atoms. The van der Waals surface area contributed by atoms with E-state index < -0.39 is 18.0 Å². The lowest BCUT2D eigenvalue weighted by atomic mass is 9.98. The Morgan fingerprint density at radius 1 is 1.38 bits per heavy atom. The molecule has 2 atom stereocenters. The summed E-state index contributed by atoms with van der Waals surface area (Å²) in [5.74, 6) is -1.60. The number of carbonyl (C=O) groups is 2. The van der Waals surface area contributed by atoms with Crippen LogP contribution in [-0.4, -0.2) is 41.1 Å². The molecule has 0 bridgehead atoms. The molecule has 0 aromatic heterocycles. The van der Waals surface area contributed by atoms with Gasteiger partial charge >= 0.3 is 5.97 Å². The maximum atomic E-state index is 12.8. The van der Waals surface area contributed by atoms with Crippen molar-refractivity contribution in [1.29, 1.82) is 0 Å². The first-order valence-electron chi connectivity index (χ1n) is 6.91. The Bertz CT molecular complexity index is 517. The van der Waals surface area contributed by atoms with Gasteiger partial charge in [0.05, 0.1) is 5.92 Å². The molecular formula is C15H18FNO4. The third kappa shape index (κ3) is 3.93. The van der Waals surface area contributed by atoms with E-state index in [0.717, 1.165) is 0 Å². The number of carboxylic acid groups (broad SMARTS) is 1. The molecule has 6 heteroatoms. The second kappa shape index (κ2) is 6.56. The van der Waals surface area contributed by atoms with Gasteiger partial charge in [0.2, 0.25) is 0 Å². The van der Waals surface area contributed by atoms with Gasteiger partial charge in [-0.05, 0) is 44.0 Å². The van der Waals surface area contributed by atoms with Gasteiger partial charge in [-0.1, -0.05) is 0 Å². The predicted octanol–water partition coefficient (Wildman–Crippen LogP) is 1.92. The first-order valence-corrected chi connectivity index (χ1v) is 6.91. The van der Waals surface area contributed by atoms with E-state index in [0.29, 0.717) is 25.1 Å². The molecule has 0 saturated carbocycles. The zero-order valence-corrected chi connectivity index (χ0v) is 11.8. The quantitative estimate of drug-likeness (QED) is 0.921. The summed E-state index contributed by atoms with van der Waals surface area (Å²) in [6.07, 6.45) is 0.529. The monoisotopic (exact) mass is 295 g/mol. The van der Waals surface area contributed by atoms with Crippen molar-refractivity contribution in [3.8, 4) is 5.75 Å². The van der Waals surface area contributed by atoms with Crippen LogP contribution in [-0.2, 0) is 9.59 Å². The molecule has 1 aliphatic heterocycles. The van der Waals surface area contributed by atoms with E-state index >= 15 is 0 Å². The van der Waals surface area contributed by atoms with Crippen molar-refractivity contribution < 1.29 is 23.8 Å². The highest BCUT2D eigenvalue weighted by Gasteiger charge is 2.30. The van der Waals surface area contributed by atoms with Crippen LogP contribution in [0.5, 0.6) is 5.75 Å². The van der Waals surface area contributed by atoms with Crippen LogP contribution in [0.3, 0.4) is 0 Å². The topological polar surface area (TPSA) is 66.8 Å². The fraction of sp³-hybridized carbons (Fsp3) is 0.467. The molecule has 1 amide bonds. The van der Waals surface area contributed by atoms with Crippen LogP contribution in [0.2, 0.25) is 0 Å². The first-order chi connectivity index (χ1) is 9.97. The van der Waals surface area contributed by atoms with Crippen LogP contribution >= 0.6 is 0 Å². The number of ether oxygens (including phenoxy) is 1. The number of nitrogens with zero attached hydrogens (tertiary/aromatic N) is 1. The summed E-state index contributed by atoms with van der Waals surface area (Å²) in [5, 5.41) is 9.03. The van der Waals surface area contributed by atoms with Crippen molar-refractivity contribution in [3.05, 3.63) is 30.1 Å². The zero-order valence-electron chi connectivity index (χ0n) is 11.8. The lowest BCUT2D eigenvalue weighted by Crippen LogP contribution is -2.47. The smallest absolute Gasteiger partial charge is 0.308 e. The molecule has 0 spiro atoms. The number of hydrogen-bond donors (Lipinski definition) is 1. The van der Waals surface area contributed by atoms with Gasteiger partial charge in [-0.15, -0.1) is 0 Å². The summed E-state index contributed by atoms with van der Waals surface area (Å²) < 4.78 is 18.3. The SMILES string of the molecule is CC(Oc1ccc(F)cc1)C(=O)N1CCCC(C(=O)O)C1. The number of benzene rings is 1. The Kier molecular flexibility index (Phi) is 4.77. The summed E-state index contributed by atoms with van der Waals surface area (Å²) in [5.41, 5.74) is 0. The standard InChI is InChI=1S/C15H18FNO4/c1-10(21-13-6-4-12(16)5-7-13)14(18)17-8-2-3-11(9-17)15(19)20/h4-7,10-11H,2-3,8-9H2,1H3,(H,19,20). The highest BCUT2D eigenvalue weighted by atomic mass is 19.1. The molecule has 5 nitrogen and oxygen atoms in total. The van der Waals surface area contributed by atoms with Crippen LogP contribution < -0.4 is 4.74 Å². The van der Waals surface area contributed by atoms with E-state index in [4.69, 9.17) is 9.84 Å². The van der Waals surface area contributed by atoms with Gasteiger partial charge in [0.1, 0.15) is 11.6 Å². The maximum absolute atomic E-state index is 12.8. The molecule has 1 fully saturated rings. The van der Waals surface area contributed by atoms with E-state index in [2.05, 4.69) is 0 Å². The van der Waals surface area contributed by atoms with E-state index in [-0.39, 0.29) is 18.3 Å². The second-order valence-corrected chi connectivity index (χ2v) is 5.18. The highest BCUT2D eigenvalue weighted by Crippen LogP contribution is 2.19.